The van der Waals surface area contributed by atoms with Gasteiger partial charge in [-0.15, -0.1) is 0 Å². The molecule has 0 bridgehead atoms. The summed E-state index contributed by atoms with van der Waals surface area (Å²) in [5, 5.41) is 25.4. The zero-order chi connectivity index (χ0) is 61.4. The summed E-state index contributed by atoms with van der Waals surface area (Å²) >= 11 is 8.40. The molecule has 0 spiro atoms. The van der Waals surface area contributed by atoms with Crippen molar-refractivity contribution in [3.05, 3.63) is 223 Å². The number of aryl methyl sites for hydroxylation is 1. The van der Waals surface area contributed by atoms with Gasteiger partial charge >= 0.3 is 23.9 Å². The smallest absolute Gasteiger partial charge is 0.337 e. The highest BCUT2D eigenvalue weighted by molar-refractivity contribution is 14.1. The summed E-state index contributed by atoms with van der Waals surface area (Å²) in [4.78, 5) is 64.2. The number of aldehydes is 2. The molecule has 81 heavy (non-hydrogen) atoms. The molecule has 32 heteroatoms. The van der Waals surface area contributed by atoms with Crippen molar-refractivity contribution in [1.29, 1.82) is 0 Å². The first kappa shape index (κ1) is 83.3. The van der Waals surface area contributed by atoms with Crippen molar-refractivity contribution < 1.29 is 71.9 Å². The number of carbonyl (C=O) groups is 6. The van der Waals surface area contributed by atoms with Crippen LogP contribution in [0.15, 0.2) is 155 Å². The van der Waals surface area contributed by atoms with Crippen LogP contribution in [0.25, 0.3) is 0 Å². The lowest BCUT2D eigenvalue weighted by Crippen LogP contribution is -2.72. The maximum absolute atomic E-state index is 13.1. The predicted octanol–water partition coefficient (Wildman–Crippen LogP) is 6.10. The summed E-state index contributed by atoms with van der Waals surface area (Å²) in [6.07, 6.45) is -3.36. The number of carboxylic acid groups (broad SMARTS) is 3. The van der Waals surface area contributed by atoms with Gasteiger partial charge in [0, 0.05) is 106 Å². The molecule has 4 aromatic rings. The van der Waals surface area contributed by atoms with Crippen molar-refractivity contribution in [3.8, 4) is 0 Å². The molecule has 0 fully saturated rings. The average Bonchev–Trinajstić information content (AvgIpc) is 3.39. The maximum atomic E-state index is 13.1. The fourth-order valence-corrected chi connectivity index (χ4v) is 5.81. The van der Waals surface area contributed by atoms with Gasteiger partial charge in [-0.25, -0.2) is 36.7 Å². The number of halogens is 7. The molecular weight excluding hydrogens is 1280 g/mol. The summed E-state index contributed by atoms with van der Waals surface area (Å²) in [7, 11) is 45.3. The van der Waals surface area contributed by atoms with Crippen LogP contribution >= 0.6 is 54.5 Å². The van der Waals surface area contributed by atoms with E-state index in [4.69, 9.17) is 77.2 Å². The van der Waals surface area contributed by atoms with Crippen LogP contribution in [0.1, 0.15) is 84.4 Å². The number of benzene rings is 4. The quantitative estimate of drug-likeness (QED) is 0.0283. The molecule has 0 heterocycles. The fourth-order valence-electron chi connectivity index (χ4n) is 5.06. The normalized spacial score (nSPS) is 8.14. The average molecular weight is 1320 g/mol. The summed E-state index contributed by atoms with van der Waals surface area (Å²) in [6.45, 7) is 8.16. The molecule has 0 aliphatic heterocycles. The van der Waals surface area contributed by atoms with Gasteiger partial charge in [0.05, 0.1) is 44.2 Å². The molecule has 390 valence electrons. The number of alkyl halides is 3. The van der Waals surface area contributed by atoms with Crippen molar-refractivity contribution in [2.75, 3.05) is 12.0 Å². The second-order valence-corrected chi connectivity index (χ2v) is 17.2. The van der Waals surface area contributed by atoms with E-state index in [2.05, 4.69) is 141 Å². The number of ether oxygens (including phenoxy) is 1. The van der Waals surface area contributed by atoms with Gasteiger partial charge in [0.15, 0.2) is 12.6 Å². The molecule has 0 unspecified atom stereocenters. The van der Waals surface area contributed by atoms with Crippen LogP contribution in [0, 0.1) is 30.2 Å². The molecule has 5 N–H and O–H groups in total. The third kappa shape index (κ3) is 35.7. The zero-order valence-electron chi connectivity index (χ0n) is 42.5. The van der Waals surface area contributed by atoms with E-state index in [9.17, 15) is 46.3 Å². The minimum Gasteiger partial charge on any atom is -0.478 e. The van der Waals surface area contributed by atoms with Crippen LogP contribution in [0.2, 0.25) is 0 Å². The number of hydrogen-bond donors (Lipinski definition) is 3. The first-order chi connectivity index (χ1) is 37.2. The monoisotopic (exact) mass is 1320 g/mol. The zero-order valence-corrected chi connectivity index (χ0v) is 47.8. The highest BCUT2D eigenvalue weighted by Crippen LogP contribution is 2.31. The molecule has 4 aromatic carbocycles. The van der Waals surface area contributed by atoms with Gasteiger partial charge in [-0.05, 0) is 149 Å². The second kappa shape index (κ2) is 48.2. The summed E-state index contributed by atoms with van der Waals surface area (Å²) in [5.41, 5.74) is 29.9. The number of carbonyl (C=O) groups excluding carboxylic acids is 3. The van der Waals surface area contributed by atoms with Crippen LogP contribution in [-0.4, -0.2) is 169 Å². The Morgan fingerprint density at radius 2 is 0.827 bits per heavy atom. The summed E-state index contributed by atoms with van der Waals surface area (Å²) in [5.74, 6) is -6.65. The van der Waals surface area contributed by atoms with E-state index >= 15 is 0 Å². The Morgan fingerprint density at radius 1 is 0.543 bits per heavy atom. The van der Waals surface area contributed by atoms with E-state index in [0.29, 0.717) is 23.7 Å². The largest absolute Gasteiger partial charge is 0.478 e. The van der Waals surface area contributed by atoms with Crippen LogP contribution in [-0.2, 0) is 4.74 Å². The van der Waals surface area contributed by atoms with Crippen molar-refractivity contribution in [1.82, 2.24) is 0 Å². The number of hydrogen-bond acceptors (Lipinski definition) is 7. The van der Waals surface area contributed by atoms with E-state index < -0.39 is 85.5 Å². The van der Waals surface area contributed by atoms with Crippen LogP contribution < -0.4 is 0 Å². The van der Waals surface area contributed by atoms with Gasteiger partial charge in [-0.2, -0.15) is 0 Å². The molecule has 11 nitrogen and oxygen atoms in total. The number of aromatic carboxylic acids is 3. The number of esters is 1. The molecule has 0 aliphatic carbocycles. The Morgan fingerprint density at radius 3 is 1.09 bits per heavy atom. The molecule has 0 atom stereocenters. The third-order valence-electron chi connectivity index (χ3n) is 8.79. The van der Waals surface area contributed by atoms with E-state index in [1.165, 1.54) is 49.6 Å². The molecule has 0 saturated carbocycles. The van der Waals surface area contributed by atoms with Crippen molar-refractivity contribution in [2.24, 2.45) is 0 Å². The van der Waals surface area contributed by atoms with Crippen molar-refractivity contribution in [3.63, 3.8) is 0 Å². The second-order valence-electron chi connectivity index (χ2n) is 14.2. The van der Waals surface area contributed by atoms with Gasteiger partial charge in [0.25, 0.3) is 0 Å². The van der Waals surface area contributed by atoms with Gasteiger partial charge in [0.1, 0.15) is 23.3 Å². The summed E-state index contributed by atoms with van der Waals surface area (Å²) in [6, 6.07) is 14.3. The lowest BCUT2D eigenvalue weighted by molar-refractivity contribution is 0.0597. The Kier molecular flexibility index (Phi) is 49.6. The van der Waals surface area contributed by atoms with E-state index in [-0.39, 0.29) is 50.0 Å². The lowest BCUT2D eigenvalue weighted by atomic mass is 8.47. The van der Waals surface area contributed by atoms with Crippen molar-refractivity contribution in [2.45, 2.75) is 18.1 Å². The number of methoxy groups -OCH3 is 1. The van der Waals surface area contributed by atoms with E-state index in [1.807, 2.05) is 4.93 Å². The van der Waals surface area contributed by atoms with Gasteiger partial charge < -0.3 is 25.5 Å². The maximum Gasteiger partial charge on any atom is 0.337 e. The molecule has 0 amide bonds. The molecule has 0 aliphatic rings. The highest BCUT2D eigenvalue weighted by Gasteiger charge is 2.35. The first-order valence-electron chi connectivity index (χ1n) is 21.3. The molecule has 16 radical (unpaired) electrons. The number of rotatable bonds is 12. The van der Waals surface area contributed by atoms with Crippen molar-refractivity contribution >= 4 is 191 Å². The van der Waals surface area contributed by atoms with Crippen LogP contribution in [0.4, 0.5) is 17.6 Å². The van der Waals surface area contributed by atoms with E-state index in [1.54, 1.807) is 6.92 Å². The molecular formula is C49H37B14Br2F4IO11. The Labute approximate surface area is 511 Å². The SMILES string of the molecule is C.C=C=C=C=C=C=C=C=C=C=C=C=C=C.CI.COC(=O)c1ccc(C=O)c(F)c1.Cc1ccc(C(=O)O)cc1F.O.O=C(O)c1ccc(C(Br)Br)c(F)c1.O=Cc1ccc(C(=O)O)cc1F.[B]B([B])B(B([B])[B])B(B([B])[B])B([B])[B]. The van der Waals surface area contributed by atoms with Gasteiger partial charge in [-0.3, -0.25) is 9.59 Å². The Hall–Kier alpha value is -6.52. The third-order valence-corrected chi connectivity index (χ3v) is 9.77. The minimum atomic E-state index is -1.22. The first-order valence-corrected chi connectivity index (χ1v) is 25.2. The summed E-state index contributed by atoms with van der Waals surface area (Å²) < 4.78 is 55.5. The molecule has 0 saturated heterocycles. The standard InChI is InChI=1S/C14H4.C9H7FO3.C8H5Br2FO2.C8H5FO3.C8H7FO2.CH3I.CH4.B14.H2O/c1-3-5-7-9-11-13-14-12-10-8-6-4-2;1-13-9(12)6-2-3-7(5-11)8(10)4-6;9-7(10)5-2-1-4(8(12)13)3-6(5)11;9-7-3-5(8(11)12)1-2-6(7)4-10;1-5-2-3-6(8(10)11)4-7(5)9;1-2;;1-9(2)13(10(3)4)14(11(5)6)12(7)8;/h1-2H2;2-5H,1H3;1-3,7H,(H,12,13);1-4H,(H,11,12);2-4H,1H3,(H,10,11);1H3;1H4;;1H2. The topological polar surface area (TPSA) is 204 Å². The van der Waals surface area contributed by atoms with Crippen LogP contribution in [0.3, 0.4) is 0 Å². The minimum absolute atomic E-state index is 0. The Bertz CT molecular complexity index is 3120. The van der Waals surface area contributed by atoms with Gasteiger partial charge in [0.2, 0.25) is 0 Å². The van der Waals surface area contributed by atoms with Gasteiger partial charge in [-0.1, -0.05) is 85.5 Å². The van der Waals surface area contributed by atoms with Crippen LogP contribution in [0.5, 0.6) is 0 Å². The highest BCUT2D eigenvalue weighted by atomic mass is 127. The lowest BCUT2D eigenvalue weighted by Gasteiger charge is -2.34. The van der Waals surface area contributed by atoms with E-state index in [0.717, 1.165) is 30.3 Å². The number of carboxylic acids is 3. The predicted molar refractivity (Wildman–Crippen MR) is 338 cm³/mol. The Balaban J connectivity index is -0.000000282. The molecule has 4 rings (SSSR count). The fraction of sp³-hybridized carbons (Fsp3) is 0.102. The molecule has 0 aromatic heterocycles.